The molecular weight excluding hydrogens is 375 g/mol. The Morgan fingerprint density at radius 1 is 1.40 bits per heavy atom. The molecule has 0 radical (unpaired) electrons. The van der Waals surface area contributed by atoms with Crippen LogP contribution >= 0.6 is 22.6 Å². The van der Waals surface area contributed by atoms with Gasteiger partial charge in [-0.2, -0.15) is 0 Å². The molecule has 1 aromatic rings. The summed E-state index contributed by atoms with van der Waals surface area (Å²) >= 11 is 2.16. The second kappa shape index (κ2) is 6.78. The van der Waals surface area contributed by atoms with Gasteiger partial charge in [-0.1, -0.05) is 34.7 Å². The van der Waals surface area contributed by atoms with Crippen LogP contribution in [0.5, 0.6) is 5.75 Å². The molecule has 2 amide bonds. The summed E-state index contributed by atoms with van der Waals surface area (Å²) in [5, 5.41) is 5.26. The van der Waals surface area contributed by atoms with E-state index in [0.717, 1.165) is 15.7 Å². The van der Waals surface area contributed by atoms with Gasteiger partial charge >= 0.3 is 6.09 Å². The summed E-state index contributed by atoms with van der Waals surface area (Å²) in [5.74, 6) is 0.572. The predicted octanol–water partition coefficient (Wildman–Crippen LogP) is 1.22. The minimum Gasteiger partial charge on any atom is -0.497 e. The van der Waals surface area contributed by atoms with Crippen LogP contribution < -0.4 is 15.4 Å². The van der Waals surface area contributed by atoms with E-state index >= 15 is 0 Å². The van der Waals surface area contributed by atoms with Gasteiger partial charge in [-0.15, -0.1) is 0 Å². The van der Waals surface area contributed by atoms with Crippen LogP contribution in [-0.4, -0.2) is 35.6 Å². The van der Waals surface area contributed by atoms with Crippen molar-refractivity contribution >= 4 is 34.6 Å². The lowest BCUT2D eigenvalue weighted by atomic mass is 10.0. The highest BCUT2D eigenvalue weighted by molar-refractivity contribution is 14.1. The lowest BCUT2D eigenvalue weighted by molar-refractivity contribution is -0.130. The molecule has 1 heterocycles. The number of nitrogens with one attached hydrogen (secondary N) is 2. The van der Waals surface area contributed by atoms with Crippen molar-refractivity contribution in [2.45, 2.75) is 18.7 Å². The predicted molar refractivity (Wildman–Crippen MR) is 80.9 cm³/mol. The van der Waals surface area contributed by atoms with Crippen molar-refractivity contribution in [2.75, 3.05) is 11.5 Å². The van der Waals surface area contributed by atoms with Gasteiger partial charge in [0.25, 0.3) is 0 Å². The van der Waals surface area contributed by atoms with Gasteiger partial charge in [0, 0.05) is 4.43 Å². The van der Waals surface area contributed by atoms with Crippen molar-refractivity contribution in [3.05, 3.63) is 29.8 Å². The summed E-state index contributed by atoms with van der Waals surface area (Å²) in [6, 6.07) is 6.71. The summed E-state index contributed by atoms with van der Waals surface area (Å²) in [6.45, 7) is 0.152. The number of ether oxygens (including phenoxy) is 2. The van der Waals surface area contributed by atoms with Crippen molar-refractivity contribution < 1.29 is 19.1 Å². The molecule has 0 spiro atoms. The second-order valence-corrected chi connectivity index (χ2v) is 5.20. The number of halogens is 1. The number of alkyl carbamates (subject to hydrolysis) is 1. The number of rotatable bonds is 5. The number of carbonyl (C=O) groups is 2. The maximum absolute atomic E-state index is 11.6. The van der Waals surface area contributed by atoms with Crippen molar-refractivity contribution in [2.24, 2.45) is 0 Å². The molecule has 2 atom stereocenters. The van der Waals surface area contributed by atoms with Crippen LogP contribution in [-0.2, 0) is 16.1 Å². The molecule has 20 heavy (non-hydrogen) atoms. The Balaban J connectivity index is 1.78. The number of hydrogen-bond acceptors (Lipinski definition) is 4. The molecule has 0 aromatic heterocycles. The van der Waals surface area contributed by atoms with E-state index in [4.69, 9.17) is 9.47 Å². The quantitative estimate of drug-likeness (QED) is 0.451. The van der Waals surface area contributed by atoms with E-state index in [1.165, 1.54) is 0 Å². The van der Waals surface area contributed by atoms with Crippen LogP contribution in [0.25, 0.3) is 0 Å². The van der Waals surface area contributed by atoms with E-state index in [1.54, 1.807) is 19.2 Å². The number of amides is 2. The average molecular weight is 390 g/mol. The summed E-state index contributed by atoms with van der Waals surface area (Å²) < 4.78 is 10.9. The van der Waals surface area contributed by atoms with Crippen LogP contribution in [0.3, 0.4) is 0 Å². The van der Waals surface area contributed by atoms with Gasteiger partial charge in [-0.05, 0) is 17.7 Å². The highest BCUT2D eigenvalue weighted by atomic mass is 127. The fraction of sp³-hybridized carbons (Fsp3) is 0.385. The second-order valence-electron chi connectivity index (χ2n) is 4.32. The van der Waals surface area contributed by atoms with Crippen molar-refractivity contribution in [1.29, 1.82) is 0 Å². The maximum atomic E-state index is 11.6. The van der Waals surface area contributed by atoms with Crippen molar-refractivity contribution in [3.8, 4) is 5.75 Å². The molecule has 2 rings (SSSR count). The van der Waals surface area contributed by atoms with E-state index in [-0.39, 0.29) is 18.6 Å². The number of alkyl halides is 1. The zero-order chi connectivity index (χ0) is 14.5. The van der Waals surface area contributed by atoms with Crippen LogP contribution in [0.4, 0.5) is 4.79 Å². The number of hydrogen-bond donors (Lipinski definition) is 2. The third-order valence-electron chi connectivity index (χ3n) is 2.98. The van der Waals surface area contributed by atoms with E-state index in [9.17, 15) is 9.59 Å². The van der Waals surface area contributed by atoms with Gasteiger partial charge in [0.2, 0.25) is 5.91 Å². The number of carbonyl (C=O) groups excluding carboxylic acids is 2. The van der Waals surface area contributed by atoms with Gasteiger partial charge in [-0.3, -0.25) is 4.79 Å². The van der Waals surface area contributed by atoms with Crippen molar-refractivity contribution in [1.82, 2.24) is 10.6 Å². The summed E-state index contributed by atoms with van der Waals surface area (Å²) in [6.07, 6.45) is -0.587. The lowest BCUT2D eigenvalue weighted by Gasteiger charge is -2.35. The largest absolute Gasteiger partial charge is 0.497 e. The van der Waals surface area contributed by atoms with Crippen LogP contribution in [0.1, 0.15) is 5.56 Å². The Bertz CT molecular complexity index is 492. The first kappa shape index (κ1) is 14.9. The molecule has 0 saturated carbocycles. The molecule has 0 bridgehead atoms. The molecule has 1 aliphatic heterocycles. The van der Waals surface area contributed by atoms with E-state index < -0.39 is 12.1 Å². The Kier molecular flexibility index (Phi) is 5.05. The first-order chi connectivity index (χ1) is 9.63. The fourth-order valence-electron chi connectivity index (χ4n) is 1.78. The Hall–Kier alpha value is -1.51. The third kappa shape index (κ3) is 3.53. The Labute approximate surface area is 130 Å². The highest BCUT2D eigenvalue weighted by Gasteiger charge is 2.39. The minimum absolute atomic E-state index is 0.0170. The Morgan fingerprint density at radius 3 is 2.65 bits per heavy atom. The normalized spacial score (nSPS) is 20.6. The van der Waals surface area contributed by atoms with E-state index in [0.29, 0.717) is 0 Å². The molecule has 1 fully saturated rings. The first-order valence-corrected chi connectivity index (χ1v) is 7.59. The van der Waals surface area contributed by atoms with Crippen LogP contribution in [0.2, 0.25) is 0 Å². The van der Waals surface area contributed by atoms with Gasteiger partial charge in [0.1, 0.15) is 18.4 Å². The molecule has 0 unspecified atom stereocenters. The highest BCUT2D eigenvalue weighted by Crippen LogP contribution is 2.13. The Morgan fingerprint density at radius 2 is 2.10 bits per heavy atom. The summed E-state index contributed by atoms with van der Waals surface area (Å²) in [4.78, 5) is 22.9. The SMILES string of the molecule is COc1ccc(COC(=O)N[C@H]2C(=O)N[C@H]2CI)cc1. The zero-order valence-electron chi connectivity index (χ0n) is 10.9. The molecule has 0 aliphatic carbocycles. The van der Waals surface area contributed by atoms with Gasteiger partial charge in [-0.25, -0.2) is 4.79 Å². The maximum Gasteiger partial charge on any atom is 0.408 e. The molecule has 1 aromatic carbocycles. The van der Waals surface area contributed by atoms with Crippen molar-refractivity contribution in [3.63, 3.8) is 0 Å². The molecule has 7 heteroatoms. The zero-order valence-corrected chi connectivity index (χ0v) is 13.0. The third-order valence-corrected chi connectivity index (χ3v) is 3.93. The molecule has 2 N–H and O–H groups in total. The molecule has 1 aliphatic rings. The molecule has 6 nitrogen and oxygen atoms in total. The molecule has 108 valence electrons. The van der Waals surface area contributed by atoms with Gasteiger partial charge in [0.05, 0.1) is 13.2 Å². The smallest absolute Gasteiger partial charge is 0.408 e. The number of β-lactam (4-membered cyclic amide) rings is 1. The van der Waals surface area contributed by atoms with Gasteiger partial charge < -0.3 is 20.1 Å². The van der Waals surface area contributed by atoms with Crippen LogP contribution in [0, 0.1) is 0 Å². The molecular formula is C13H15IN2O4. The first-order valence-electron chi connectivity index (χ1n) is 6.06. The monoisotopic (exact) mass is 390 g/mol. The van der Waals surface area contributed by atoms with Crippen LogP contribution in [0.15, 0.2) is 24.3 Å². The number of methoxy groups -OCH3 is 1. The average Bonchev–Trinajstić information content (AvgIpc) is 2.48. The molecule has 1 saturated heterocycles. The minimum atomic E-state index is -0.587. The lowest BCUT2D eigenvalue weighted by Crippen LogP contribution is -2.69. The fourth-order valence-corrected chi connectivity index (χ4v) is 2.50. The standard InChI is InChI=1S/C13H15IN2O4/c1-19-9-4-2-8(3-5-9)7-20-13(18)16-11-10(6-14)15-12(11)17/h2-5,10-11H,6-7H2,1H3,(H,15,17)(H,16,18)/t10-,11+/m0/s1. The van der Waals surface area contributed by atoms with Gasteiger partial charge in [0.15, 0.2) is 0 Å². The topological polar surface area (TPSA) is 76.7 Å². The van der Waals surface area contributed by atoms with E-state index in [2.05, 4.69) is 33.2 Å². The van der Waals surface area contributed by atoms with E-state index in [1.807, 2.05) is 12.1 Å². The summed E-state index contributed by atoms with van der Waals surface area (Å²) in [5.41, 5.74) is 0.851. The summed E-state index contributed by atoms with van der Waals surface area (Å²) in [7, 11) is 1.59. The number of benzene rings is 1.